The predicted molar refractivity (Wildman–Crippen MR) is 103 cm³/mol. The zero-order chi connectivity index (χ0) is 20.6. The molecule has 1 aromatic heterocycles. The summed E-state index contributed by atoms with van der Waals surface area (Å²) in [6, 6.07) is 17.6. The van der Waals surface area contributed by atoms with E-state index in [-0.39, 0.29) is 12.3 Å². The molecule has 1 N–H and O–H groups in total. The van der Waals surface area contributed by atoms with Crippen molar-refractivity contribution in [3.63, 3.8) is 0 Å². The van der Waals surface area contributed by atoms with Gasteiger partial charge in [0, 0.05) is 17.7 Å². The van der Waals surface area contributed by atoms with Crippen molar-refractivity contribution >= 4 is 17.8 Å². The Morgan fingerprint density at radius 2 is 1.90 bits per heavy atom. The minimum absolute atomic E-state index is 0.00645. The van der Waals surface area contributed by atoms with Crippen LogP contribution in [0.4, 0.5) is 5.69 Å². The van der Waals surface area contributed by atoms with Crippen LogP contribution in [0.25, 0.3) is 11.3 Å². The molecule has 0 aliphatic heterocycles. The minimum Gasteiger partial charge on any atom is -0.484 e. The summed E-state index contributed by atoms with van der Waals surface area (Å²) in [6.45, 7) is -0.241. The molecule has 0 unspecified atom stereocenters. The molecule has 0 atom stereocenters. The van der Waals surface area contributed by atoms with E-state index in [1.807, 2.05) is 6.07 Å². The molecular weight excluding hydrogens is 376 g/mol. The Hall–Kier alpha value is -4.45. The number of hydrogen-bond donors (Lipinski definition) is 1. The third-order valence-electron chi connectivity index (χ3n) is 3.72. The Balaban J connectivity index is 1.50. The van der Waals surface area contributed by atoms with Gasteiger partial charge < -0.3 is 9.15 Å². The fraction of sp³-hybridized carbons (Fsp3) is 0.0500. The lowest BCUT2D eigenvalue weighted by Crippen LogP contribution is -2.24. The van der Waals surface area contributed by atoms with Gasteiger partial charge in [-0.15, -0.1) is 0 Å². The standard InChI is InChI=1S/C20H14N4O5/c21-11-14-1-7-17(8-2-14)28-13-20(25)23-22-12-18-9-10-19(29-18)15-3-5-16(6-4-15)24(26)27/h1-10,12H,13H2,(H,23,25)/b22-12+. The number of furan rings is 1. The number of hydrogen-bond acceptors (Lipinski definition) is 7. The first-order valence-electron chi connectivity index (χ1n) is 8.34. The number of carbonyl (C=O) groups excluding carboxylic acids is 1. The number of hydrazone groups is 1. The van der Waals surface area contributed by atoms with Crippen molar-refractivity contribution in [2.45, 2.75) is 0 Å². The first-order valence-corrected chi connectivity index (χ1v) is 8.34. The lowest BCUT2D eigenvalue weighted by molar-refractivity contribution is -0.384. The number of rotatable bonds is 7. The summed E-state index contributed by atoms with van der Waals surface area (Å²) in [7, 11) is 0. The van der Waals surface area contributed by atoms with Crippen LogP contribution in [0.15, 0.2) is 70.2 Å². The van der Waals surface area contributed by atoms with Gasteiger partial charge in [-0.25, -0.2) is 5.43 Å². The Bertz CT molecular complexity index is 1080. The summed E-state index contributed by atoms with van der Waals surface area (Å²) in [4.78, 5) is 22.0. The summed E-state index contributed by atoms with van der Waals surface area (Å²) in [5.41, 5.74) is 3.48. The van der Waals surface area contributed by atoms with Crippen LogP contribution >= 0.6 is 0 Å². The number of benzene rings is 2. The first kappa shape index (κ1) is 19.3. The largest absolute Gasteiger partial charge is 0.484 e. The zero-order valence-electron chi connectivity index (χ0n) is 14.9. The van der Waals surface area contributed by atoms with E-state index in [0.29, 0.717) is 28.4 Å². The van der Waals surface area contributed by atoms with Crippen LogP contribution in [-0.4, -0.2) is 23.7 Å². The van der Waals surface area contributed by atoms with Crippen LogP contribution in [0.3, 0.4) is 0 Å². The molecule has 0 saturated carbocycles. The maximum atomic E-state index is 11.8. The lowest BCUT2D eigenvalue weighted by Gasteiger charge is -2.04. The van der Waals surface area contributed by atoms with Gasteiger partial charge >= 0.3 is 0 Å². The highest BCUT2D eigenvalue weighted by Crippen LogP contribution is 2.24. The Kier molecular flexibility index (Phi) is 5.97. The van der Waals surface area contributed by atoms with E-state index in [1.165, 1.54) is 18.3 Å². The van der Waals surface area contributed by atoms with Crippen molar-refractivity contribution in [1.82, 2.24) is 5.43 Å². The number of non-ortho nitro benzene ring substituents is 1. The molecular formula is C20H14N4O5. The fourth-order valence-corrected chi connectivity index (χ4v) is 2.30. The van der Waals surface area contributed by atoms with Gasteiger partial charge in [-0.3, -0.25) is 14.9 Å². The number of nitro benzene ring substituents is 1. The monoisotopic (exact) mass is 390 g/mol. The quantitative estimate of drug-likeness (QED) is 0.374. The van der Waals surface area contributed by atoms with E-state index in [0.717, 1.165) is 0 Å². The smallest absolute Gasteiger partial charge is 0.277 e. The molecule has 0 radical (unpaired) electrons. The van der Waals surface area contributed by atoms with Crippen molar-refractivity contribution in [1.29, 1.82) is 5.26 Å². The molecule has 0 aliphatic rings. The maximum absolute atomic E-state index is 11.8. The Morgan fingerprint density at radius 1 is 1.17 bits per heavy atom. The van der Waals surface area contributed by atoms with Gasteiger partial charge in [-0.05, 0) is 48.5 Å². The molecule has 144 valence electrons. The van der Waals surface area contributed by atoms with Gasteiger partial charge in [0.1, 0.15) is 17.3 Å². The minimum atomic E-state index is -0.474. The van der Waals surface area contributed by atoms with Crippen molar-refractivity contribution < 1.29 is 18.9 Å². The van der Waals surface area contributed by atoms with E-state index in [4.69, 9.17) is 14.4 Å². The molecule has 0 spiro atoms. The number of nitriles is 1. The van der Waals surface area contributed by atoms with Crippen LogP contribution in [0, 0.1) is 21.4 Å². The SMILES string of the molecule is N#Cc1ccc(OCC(=O)N/N=C/c2ccc(-c3ccc([N+](=O)[O-])cc3)o2)cc1. The van der Waals surface area contributed by atoms with E-state index < -0.39 is 10.8 Å². The zero-order valence-corrected chi connectivity index (χ0v) is 14.9. The Morgan fingerprint density at radius 3 is 2.55 bits per heavy atom. The summed E-state index contributed by atoms with van der Waals surface area (Å²) in [5, 5.41) is 23.2. The number of nitro groups is 1. The van der Waals surface area contributed by atoms with Gasteiger partial charge in [0.15, 0.2) is 6.61 Å². The van der Waals surface area contributed by atoms with Crippen LogP contribution in [-0.2, 0) is 4.79 Å². The predicted octanol–water partition coefficient (Wildman–Crippen LogP) is 3.26. The molecule has 0 bridgehead atoms. The molecule has 0 aliphatic carbocycles. The summed E-state index contributed by atoms with van der Waals surface area (Å²) >= 11 is 0. The highest BCUT2D eigenvalue weighted by Gasteiger charge is 2.08. The average Bonchev–Trinajstić information content (AvgIpc) is 3.21. The second kappa shape index (κ2) is 8.96. The number of amides is 1. The number of nitrogens with zero attached hydrogens (tertiary/aromatic N) is 3. The highest BCUT2D eigenvalue weighted by molar-refractivity contribution is 5.81. The molecule has 0 fully saturated rings. The molecule has 1 heterocycles. The average molecular weight is 390 g/mol. The van der Waals surface area contributed by atoms with Crippen molar-refractivity contribution in [2.75, 3.05) is 6.61 Å². The van der Waals surface area contributed by atoms with Crippen molar-refractivity contribution in [3.05, 3.63) is 82.1 Å². The topological polar surface area (TPSA) is 131 Å². The summed E-state index contributed by atoms with van der Waals surface area (Å²) in [6.07, 6.45) is 1.33. The van der Waals surface area contributed by atoms with Crippen LogP contribution in [0.1, 0.15) is 11.3 Å². The van der Waals surface area contributed by atoms with Gasteiger partial charge in [-0.1, -0.05) is 0 Å². The van der Waals surface area contributed by atoms with E-state index in [9.17, 15) is 14.9 Å². The van der Waals surface area contributed by atoms with Gasteiger partial charge in [0.25, 0.3) is 11.6 Å². The van der Waals surface area contributed by atoms with Gasteiger partial charge in [-0.2, -0.15) is 10.4 Å². The summed E-state index contributed by atoms with van der Waals surface area (Å²) < 4.78 is 10.9. The normalized spacial score (nSPS) is 10.4. The van der Waals surface area contributed by atoms with Crippen LogP contribution < -0.4 is 10.2 Å². The second-order valence-electron chi connectivity index (χ2n) is 5.72. The van der Waals surface area contributed by atoms with Gasteiger partial charge in [0.05, 0.1) is 22.8 Å². The summed E-state index contributed by atoms with van der Waals surface area (Å²) in [5.74, 6) is 0.901. The highest BCUT2D eigenvalue weighted by atomic mass is 16.6. The number of carbonyl (C=O) groups is 1. The molecule has 2 aromatic carbocycles. The second-order valence-corrected chi connectivity index (χ2v) is 5.72. The van der Waals surface area contributed by atoms with Crippen molar-refractivity contribution in [3.8, 4) is 23.1 Å². The molecule has 29 heavy (non-hydrogen) atoms. The van der Waals surface area contributed by atoms with E-state index in [2.05, 4.69) is 10.5 Å². The number of nitrogens with one attached hydrogen (secondary N) is 1. The van der Waals surface area contributed by atoms with E-state index in [1.54, 1.807) is 48.5 Å². The third-order valence-corrected chi connectivity index (χ3v) is 3.72. The molecule has 3 aromatic rings. The molecule has 0 saturated heterocycles. The van der Waals surface area contributed by atoms with E-state index >= 15 is 0 Å². The Labute approximate surface area is 165 Å². The molecule has 9 heteroatoms. The van der Waals surface area contributed by atoms with Crippen molar-refractivity contribution in [2.24, 2.45) is 5.10 Å². The van der Waals surface area contributed by atoms with Crippen LogP contribution in [0.2, 0.25) is 0 Å². The maximum Gasteiger partial charge on any atom is 0.277 e. The van der Waals surface area contributed by atoms with Gasteiger partial charge in [0.2, 0.25) is 0 Å². The molecule has 1 amide bonds. The first-order chi connectivity index (χ1) is 14.0. The van der Waals surface area contributed by atoms with Crippen LogP contribution in [0.5, 0.6) is 5.75 Å². The fourth-order valence-electron chi connectivity index (χ4n) is 2.30. The third kappa shape index (κ3) is 5.27. The lowest BCUT2D eigenvalue weighted by atomic mass is 10.1. The number of ether oxygens (including phenoxy) is 1. The molecule has 9 nitrogen and oxygen atoms in total. The molecule has 3 rings (SSSR count).